The number of hydrogen-bond acceptors (Lipinski definition) is 5. The van der Waals surface area contributed by atoms with E-state index in [1.54, 1.807) is 11.1 Å². The smallest absolute Gasteiger partial charge is 0.334 e. The van der Waals surface area contributed by atoms with Crippen molar-refractivity contribution in [3.63, 3.8) is 0 Å². The Labute approximate surface area is 179 Å². The lowest BCUT2D eigenvalue weighted by Gasteiger charge is -2.35. The first-order valence-electron chi connectivity index (χ1n) is 11.0. The Balaban J connectivity index is 1.50. The summed E-state index contributed by atoms with van der Waals surface area (Å²) < 4.78 is 10.1. The average molecular weight is 415 g/mol. The standard InChI is InChI=1S/C25H34O5/c1-16(10-12-20-17(2)8-6-14-25(20,3)4)7-5-9-18-11-13-21(29-23(18)27)19-15-22(26)30-24(19)28/h7,11,15,21,24,28H,5-6,8-10,12-14H2,1-4H3/b16-7+. The minimum Gasteiger partial charge on any atom is -0.454 e. The summed E-state index contributed by atoms with van der Waals surface area (Å²) in [5.41, 5.74) is 5.83. The molecule has 0 saturated carbocycles. The fraction of sp³-hybridized carbons (Fsp3) is 0.600. The summed E-state index contributed by atoms with van der Waals surface area (Å²) in [4.78, 5) is 23.6. The lowest BCUT2D eigenvalue weighted by Crippen LogP contribution is -2.29. The van der Waals surface area contributed by atoms with Gasteiger partial charge in [-0.25, -0.2) is 9.59 Å². The van der Waals surface area contributed by atoms with E-state index in [4.69, 9.17) is 4.74 Å². The molecule has 1 N–H and O–H groups in total. The van der Waals surface area contributed by atoms with Crippen LogP contribution in [0.3, 0.4) is 0 Å². The van der Waals surface area contributed by atoms with Crippen molar-refractivity contribution >= 4 is 11.9 Å². The molecule has 0 saturated heterocycles. The Morgan fingerprint density at radius 2 is 2.03 bits per heavy atom. The molecule has 0 aromatic rings. The SMILES string of the molecule is CC1=C(CC/C(C)=C/CCC2=CCC(C3=CC(=O)OC3O)OC2=O)C(C)(C)CCC1. The maximum atomic E-state index is 12.3. The Kier molecular flexibility index (Phi) is 7.02. The summed E-state index contributed by atoms with van der Waals surface area (Å²) in [5.74, 6) is -0.985. The summed E-state index contributed by atoms with van der Waals surface area (Å²) in [6.07, 6.45) is 11.2. The van der Waals surface area contributed by atoms with Gasteiger partial charge >= 0.3 is 11.9 Å². The molecule has 3 rings (SSSR count). The van der Waals surface area contributed by atoms with Crippen molar-refractivity contribution in [2.45, 2.75) is 91.5 Å². The van der Waals surface area contributed by atoms with E-state index >= 15 is 0 Å². The van der Waals surface area contributed by atoms with E-state index in [2.05, 4.69) is 38.5 Å². The third kappa shape index (κ3) is 5.31. The second-order valence-corrected chi connectivity index (χ2v) is 9.38. The molecule has 0 spiro atoms. The van der Waals surface area contributed by atoms with Crippen LogP contribution in [0.25, 0.3) is 0 Å². The molecule has 0 amide bonds. The van der Waals surface area contributed by atoms with Crippen LogP contribution in [0.2, 0.25) is 0 Å². The highest BCUT2D eigenvalue weighted by molar-refractivity contribution is 5.90. The summed E-state index contributed by atoms with van der Waals surface area (Å²) in [6.45, 7) is 9.18. The Morgan fingerprint density at radius 1 is 1.27 bits per heavy atom. The zero-order valence-corrected chi connectivity index (χ0v) is 18.6. The van der Waals surface area contributed by atoms with Gasteiger partial charge in [-0.1, -0.05) is 42.7 Å². The predicted molar refractivity (Wildman–Crippen MR) is 115 cm³/mol. The zero-order valence-electron chi connectivity index (χ0n) is 18.6. The minimum atomic E-state index is -1.32. The second-order valence-electron chi connectivity index (χ2n) is 9.38. The third-order valence-electron chi connectivity index (χ3n) is 6.62. The molecule has 5 nitrogen and oxygen atoms in total. The first-order chi connectivity index (χ1) is 14.2. The van der Waals surface area contributed by atoms with Gasteiger partial charge in [0.05, 0.1) is 0 Å². The molecule has 2 atom stereocenters. The van der Waals surface area contributed by atoms with Crippen molar-refractivity contribution < 1.29 is 24.2 Å². The van der Waals surface area contributed by atoms with E-state index in [-0.39, 0.29) is 5.97 Å². The van der Waals surface area contributed by atoms with Crippen LogP contribution in [0.15, 0.2) is 46.1 Å². The van der Waals surface area contributed by atoms with Crippen LogP contribution in [0.4, 0.5) is 0 Å². The quantitative estimate of drug-likeness (QED) is 0.465. The summed E-state index contributed by atoms with van der Waals surface area (Å²) in [7, 11) is 0. The Morgan fingerprint density at radius 3 is 2.67 bits per heavy atom. The van der Waals surface area contributed by atoms with Gasteiger partial charge in [0.25, 0.3) is 0 Å². The molecular weight excluding hydrogens is 380 g/mol. The van der Waals surface area contributed by atoms with Crippen molar-refractivity contribution in [3.05, 3.63) is 46.1 Å². The number of aliphatic hydroxyl groups is 1. The molecule has 2 unspecified atom stereocenters. The van der Waals surface area contributed by atoms with Gasteiger partial charge in [0.2, 0.25) is 6.29 Å². The fourth-order valence-electron chi connectivity index (χ4n) is 4.79. The molecule has 30 heavy (non-hydrogen) atoms. The van der Waals surface area contributed by atoms with Gasteiger partial charge in [-0.3, -0.25) is 0 Å². The first kappa shape index (κ1) is 22.5. The molecular formula is C25H34O5. The van der Waals surface area contributed by atoms with Gasteiger partial charge in [0.15, 0.2) is 0 Å². The van der Waals surface area contributed by atoms with Crippen molar-refractivity contribution in [2.75, 3.05) is 0 Å². The van der Waals surface area contributed by atoms with E-state index < -0.39 is 18.4 Å². The molecule has 3 aliphatic rings. The lowest BCUT2D eigenvalue weighted by atomic mass is 9.71. The zero-order chi connectivity index (χ0) is 21.9. The molecule has 1 aliphatic carbocycles. The maximum Gasteiger partial charge on any atom is 0.334 e. The van der Waals surface area contributed by atoms with Crippen LogP contribution in [-0.2, 0) is 19.1 Å². The second kappa shape index (κ2) is 9.34. The highest BCUT2D eigenvalue weighted by atomic mass is 16.6. The topological polar surface area (TPSA) is 72.8 Å². The minimum absolute atomic E-state index is 0.313. The van der Waals surface area contributed by atoms with E-state index in [1.165, 1.54) is 30.9 Å². The molecule has 0 aromatic heterocycles. The molecule has 5 heteroatoms. The van der Waals surface area contributed by atoms with E-state index in [9.17, 15) is 14.7 Å². The summed E-state index contributed by atoms with van der Waals surface area (Å²) >= 11 is 0. The van der Waals surface area contributed by atoms with Crippen LogP contribution < -0.4 is 0 Å². The highest BCUT2D eigenvalue weighted by Gasteiger charge is 2.34. The van der Waals surface area contributed by atoms with E-state index in [1.807, 2.05) is 6.08 Å². The monoisotopic (exact) mass is 414 g/mol. The number of aliphatic hydroxyl groups excluding tert-OH is 1. The molecule has 2 aliphatic heterocycles. The van der Waals surface area contributed by atoms with Gasteiger partial charge in [-0.05, 0) is 64.2 Å². The van der Waals surface area contributed by atoms with Gasteiger partial charge in [-0.2, -0.15) is 0 Å². The number of allylic oxidation sites excluding steroid dienone is 4. The molecule has 164 valence electrons. The number of cyclic esters (lactones) is 2. The number of hydrogen-bond donors (Lipinski definition) is 1. The molecule has 0 fully saturated rings. The average Bonchev–Trinajstić information content (AvgIpc) is 3.00. The normalized spacial score (nSPS) is 26.9. The summed E-state index contributed by atoms with van der Waals surface area (Å²) in [6, 6.07) is 0. The Bertz CT molecular complexity index is 824. The number of ether oxygens (including phenoxy) is 2. The van der Waals surface area contributed by atoms with Crippen LogP contribution >= 0.6 is 0 Å². The van der Waals surface area contributed by atoms with Crippen LogP contribution in [0, 0.1) is 5.41 Å². The van der Waals surface area contributed by atoms with Gasteiger partial charge in [0, 0.05) is 23.6 Å². The van der Waals surface area contributed by atoms with Crippen LogP contribution in [-0.4, -0.2) is 29.4 Å². The van der Waals surface area contributed by atoms with Gasteiger partial charge in [-0.15, -0.1) is 0 Å². The van der Waals surface area contributed by atoms with Gasteiger partial charge < -0.3 is 14.6 Å². The van der Waals surface area contributed by atoms with Crippen molar-refractivity contribution in [2.24, 2.45) is 5.41 Å². The molecule has 0 radical (unpaired) electrons. The number of carbonyl (C=O) groups is 2. The highest BCUT2D eigenvalue weighted by Crippen LogP contribution is 2.42. The fourth-order valence-corrected chi connectivity index (χ4v) is 4.79. The Hall–Kier alpha value is -2.14. The van der Waals surface area contributed by atoms with Crippen molar-refractivity contribution in [1.29, 1.82) is 0 Å². The van der Waals surface area contributed by atoms with Crippen molar-refractivity contribution in [3.8, 4) is 0 Å². The predicted octanol–water partition coefficient (Wildman–Crippen LogP) is 5.06. The number of esters is 2. The van der Waals surface area contributed by atoms with E-state index in [0.29, 0.717) is 29.4 Å². The number of carbonyl (C=O) groups excluding carboxylic acids is 2. The number of rotatable bonds is 7. The van der Waals surface area contributed by atoms with Crippen LogP contribution in [0.5, 0.6) is 0 Å². The largest absolute Gasteiger partial charge is 0.454 e. The third-order valence-corrected chi connectivity index (χ3v) is 6.62. The first-order valence-corrected chi connectivity index (χ1v) is 11.0. The molecule has 2 heterocycles. The van der Waals surface area contributed by atoms with Crippen molar-refractivity contribution in [1.82, 2.24) is 0 Å². The molecule has 0 aromatic carbocycles. The van der Waals surface area contributed by atoms with Crippen LogP contribution in [0.1, 0.15) is 79.1 Å². The molecule has 0 bridgehead atoms. The van der Waals surface area contributed by atoms with E-state index in [0.717, 1.165) is 19.3 Å². The lowest BCUT2D eigenvalue weighted by molar-refractivity contribution is -0.153. The summed E-state index contributed by atoms with van der Waals surface area (Å²) in [5, 5.41) is 9.73. The van der Waals surface area contributed by atoms with Gasteiger partial charge in [0.1, 0.15) is 6.10 Å². The maximum absolute atomic E-state index is 12.3.